The van der Waals surface area contributed by atoms with Crippen molar-refractivity contribution in [1.82, 2.24) is 4.98 Å². The summed E-state index contributed by atoms with van der Waals surface area (Å²) in [5.74, 6) is -0.428. The summed E-state index contributed by atoms with van der Waals surface area (Å²) in [6.07, 6.45) is 1.55. The molecule has 2 rings (SSSR count). The van der Waals surface area contributed by atoms with Gasteiger partial charge in [-0.2, -0.15) is 0 Å². The molecule has 0 aliphatic rings. The van der Waals surface area contributed by atoms with Crippen LogP contribution in [0.4, 0.5) is 0 Å². The lowest BCUT2D eigenvalue weighted by Gasteiger charge is -1.95. The number of thiazole rings is 1. The van der Waals surface area contributed by atoms with Crippen LogP contribution in [0, 0.1) is 13.8 Å². The van der Waals surface area contributed by atoms with Gasteiger partial charge in [-0.25, -0.2) is 9.78 Å². The van der Waals surface area contributed by atoms with E-state index in [1.54, 1.807) is 19.3 Å². The Balaban J connectivity index is 2.62. The number of hydrogen-bond donors (Lipinski definition) is 1. The van der Waals surface area contributed by atoms with Gasteiger partial charge in [-0.3, -0.25) is 0 Å². The van der Waals surface area contributed by atoms with E-state index in [9.17, 15) is 4.79 Å². The average molecular weight is 223 g/mol. The SMILES string of the molecule is Cc1nc(C(=O)O)c(-c2occc2C)s1. The van der Waals surface area contributed by atoms with Crippen molar-refractivity contribution in [1.29, 1.82) is 0 Å². The molecular formula is C10H9NO3S. The molecule has 0 bridgehead atoms. The first kappa shape index (κ1) is 9.92. The third-order valence-electron chi connectivity index (χ3n) is 2.00. The summed E-state index contributed by atoms with van der Waals surface area (Å²) in [6, 6.07) is 1.80. The normalized spacial score (nSPS) is 10.5. The number of carboxylic acids is 1. The fraction of sp³-hybridized carbons (Fsp3) is 0.200. The number of nitrogens with zero attached hydrogens (tertiary/aromatic N) is 1. The van der Waals surface area contributed by atoms with E-state index in [1.165, 1.54) is 11.3 Å². The van der Waals surface area contributed by atoms with Gasteiger partial charge in [-0.15, -0.1) is 11.3 Å². The Kier molecular flexibility index (Phi) is 2.32. The second-order valence-electron chi connectivity index (χ2n) is 3.15. The molecule has 15 heavy (non-hydrogen) atoms. The van der Waals surface area contributed by atoms with E-state index in [1.807, 2.05) is 6.92 Å². The van der Waals surface area contributed by atoms with Crippen LogP contribution in [0.5, 0.6) is 0 Å². The van der Waals surface area contributed by atoms with Crippen molar-refractivity contribution in [2.24, 2.45) is 0 Å². The van der Waals surface area contributed by atoms with E-state index in [-0.39, 0.29) is 5.69 Å². The molecule has 0 saturated heterocycles. The van der Waals surface area contributed by atoms with Crippen LogP contribution in [-0.4, -0.2) is 16.1 Å². The van der Waals surface area contributed by atoms with Gasteiger partial charge in [0, 0.05) is 0 Å². The quantitative estimate of drug-likeness (QED) is 0.850. The van der Waals surface area contributed by atoms with Crippen molar-refractivity contribution < 1.29 is 14.3 Å². The highest BCUT2D eigenvalue weighted by atomic mass is 32.1. The fourth-order valence-corrected chi connectivity index (χ4v) is 2.30. The summed E-state index contributed by atoms with van der Waals surface area (Å²) >= 11 is 1.33. The molecule has 0 fully saturated rings. The van der Waals surface area contributed by atoms with E-state index in [0.717, 1.165) is 10.6 Å². The van der Waals surface area contributed by atoms with Gasteiger partial charge < -0.3 is 9.52 Å². The summed E-state index contributed by atoms with van der Waals surface area (Å²) in [5.41, 5.74) is 0.983. The van der Waals surface area contributed by atoms with E-state index in [0.29, 0.717) is 10.6 Å². The minimum atomic E-state index is -1.02. The Morgan fingerprint density at radius 3 is 2.80 bits per heavy atom. The number of aromatic nitrogens is 1. The molecule has 4 nitrogen and oxygen atoms in total. The van der Waals surface area contributed by atoms with Gasteiger partial charge in [0.1, 0.15) is 10.6 Å². The van der Waals surface area contributed by atoms with Crippen molar-refractivity contribution in [3.05, 3.63) is 28.6 Å². The van der Waals surface area contributed by atoms with Crippen LogP contribution < -0.4 is 0 Å². The molecule has 0 spiro atoms. The summed E-state index contributed by atoms with van der Waals surface area (Å²) in [4.78, 5) is 15.5. The molecule has 5 heteroatoms. The maximum Gasteiger partial charge on any atom is 0.356 e. The van der Waals surface area contributed by atoms with Gasteiger partial charge in [0.25, 0.3) is 0 Å². The zero-order chi connectivity index (χ0) is 11.0. The molecule has 0 saturated carbocycles. The van der Waals surface area contributed by atoms with Gasteiger partial charge in [-0.1, -0.05) is 0 Å². The zero-order valence-electron chi connectivity index (χ0n) is 8.27. The number of furan rings is 1. The number of carboxylic acid groups (broad SMARTS) is 1. The van der Waals surface area contributed by atoms with Crippen LogP contribution >= 0.6 is 11.3 Å². The number of carbonyl (C=O) groups is 1. The highest BCUT2D eigenvalue weighted by molar-refractivity contribution is 7.15. The van der Waals surface area contributed by atoms with E-state index >= 15 is 0 Å². The first-order valence-electron chi connectivity index (χ1n) is 4.35. The largest absolute Gasteiger partial charge is 0.476 e. The molecule has 0 unspecified atom stereocenters. The monoisotopic (exact) mass is 223 g/mol. The lowest BCUT2D eigenvalue weighted by molar-refractivity contribution is 0.0692. The lowest BCUT2D eigenvalue weighted by Crippen LogP contribution is -1.98. The Bertz CT molecular complexity index is 512. The Morgan fingerprint density at radius 2 is 2.27 bits per heavy atom. The maximum atomic E-state index is 10.9. The summed E-state index contributed by atoms with van der Waals surface area (Å²) < 4.78 is 5.26. The summed E-state index contributed by atoms with van der Waals surface area (Å²) in [6.45, 7) is 3.65. The van der Waals surface area contributed by atoms with Crippen LogP contribution in [-0.2, 0) is 0 Å². The predicted molar refractivity (Wildman–Crippen MR) is 56.2 cm³/mol. The molecular weight excluding hydrogens is 214 g/mol. The molecule has 1 N–H and O–H groups in total. The highest BCUT2D eigenvalue weighted by Crippen LogP contribution is 2.32. The van der Waals surface area contributed by atoms with Crippen LogP contribution in [0.1, 0.15) is 21.1 Å². The highest BCUT2D eigenvalue weighted by Gasteiger charge is 2.20. The Labute approximate surface area is 90.2 Å². The van der Waals surface area contributed by atoms with E-state index < -0.39 is 5.97 Å². The van der Waals surface area contributed by atoms with Gasteiger partial charge in [0.15, 0.2) is 5.69 Å². The maximum absolute atomic E-state index is 10.9. The number of aryl methyl sites for hydroxylation is 2. The van der Waals surface area contributed by atoms with Gasteiger partial charge in [-0.05, 0) is 25.5 Å². The van der Waals surface area contributed by atoms with Crippen molar-refractivity contribution in [3.63, 3.8) is 0 Å². The van der Waals surface area contributed by atoms with Gasteiger partial charge >= 0.3 is 5.97 Å². The summed E-state index contributed by atoms with van der Waals surface area (Å²) in [5, 5.41) is 9.69. The lowest BCUT2D eigenvalue weighted by atomic mass is 10.2. The first-order chi connectivity index (χ1) is 7.09. The van der Waals surface area contributed by atoms with Crippen molar-refractivity contribution >= 4 is 17.3 Å². The van der Waals surface area contributed by atoms with Crippen molar-refractivity contribution in [3.8, 4) is 10.6 Å². The van der Waals surface area contributed by atoms with Crippen LogP contribution in [0.15, 0.2) is 16.7 Å². The average Bonchev–Trinajstić information content (AvgIpc) is 2.71. The predicted octanol–water partition coefficient (Wildman–Crippen LogP) is 2.72. The molecule has 0 radical (unpaired) electrons. The third-order valence-corrected chi connectivity index (χ3v) is 2.97. The standard InChI is InChI=1S/C10H9NO3S/c1-5-3-4-14-8(5)9-7(10(12)13)11-6(2)15-9/h3-4H,1-2H3,(H,12,13). The molecule has 2 heterocycles. The molecule has 0 aromatic carbocycles. The summed E-state index contributed by atoms with van der Waals surface area (Å²) in [7, 11) is 0. The van der Waals surface area contributed by atoms with Gasteiger partial charge in [0.05, 0.1) is 11.3 Å². The molecule has 2 aromatic heterocycles. The van der Waals surface area contributed by atoms with Crippen LogP contribution in [0.25, 0.3) is 10.6 Å². The Hall–Kier alpha value is -1.62. The number of aromatic carboxylic acids is 1. The van der Waals surface area contributed by atoms with Crippen LogP contribution in [0.2, 0.25) is 0 Å². The first-order valence-corrected chi connectivity index (χ1v) is 5.16. The molecule has 0 aliphatic carbocycles. The van der Waals surface area contributed by atoms with Crippen molar-refractivity contribution in [2.45, 2.75) is 13.8 Å². The molecule has 0 aliphatic heterocycles. The second kappa shape index (κ2) is 3.51. The molecule has 0 amide bonds. The topological polar surface area (TPSA) is 63.3 Å². The van der Waals surface area contributed by atoms with Crippen molar-refractivity contribution in [2.75, 3.05) is 0 Å². The fourth-order valence-electron chi connectivity index (χ4n) is 1.33. The van der Waals surface area contributed by atoms with E-state index in [2.05, 4.69) is 4.98 Å². The molecule has 2 aromatic rings. The second-order valence-corrected chi connectivity index (χ2v) is 4.35. The van der Waals surface area contributed by atoms with Gasteiger partial charge in [0.2, 0.25) is 0 Å². The smallest absolute Gasteiger partial charge is 0.356 e. The Morgan fingerprint density at radius 1 is 1.53 bits per heavy atom. The number of rotatable bonds is 2. The molecule has 78 valence electrons. The third kappa shape index (κ3) is 1.66. The zero-order valence-corrected chi connectivity index (χ0v) is 9.09. The van der Waals surface area contributed by atoms with Crippen LogP contribution in [0.3, 0.4) is 0 Å². The minimum Gasteiger partial charge on any atom is -0.476 e. The number of hydrogen-bond acceptors (Lipinski definition) is 4. The molecule has 0 atom stereocenters. The van der Waals surface area contributed by atoms with E-state index in [4.69, 9.17) is 9.52 Å². The minimum absolute atomic E-state index is 0.0653.